The summed E-state index contributed by atoms with van der Waals surface area (Å²) in [6.07, 6.45) is 1.32. The number of nitrogens with one attached hydrogen (secondary N) is 3. The van der Waals surface area contributed by atoms with E-state index in [-0.39, 0.29) is 11.8 Å². The van der Waals surface area contributed by atoms with Crippen LogP contribution in [0.1, 0.15) is 31.4 Å². The van der Waals surface area contributed by atoms with Crippen LogP contribution in [0.25, 0.3) is 0 Å². The Morgan fingerprint density at radius 3 is 2.52 bits per heavy atom. The molecule has 2 heterocycles. The molecule has 2 aliphatic rings. The van der Waals surface area contributed by atoms with Crippen molar-refractivity contribution in [2.75, 3.05) is 11.9 Å². The minimum absolute atomic E-state index is 0.295. The van der Waals surface area contributed by atoms with Crippen molar-refractivity contribution in [3.05, 3.63) is 29.3 Å². The summed E-state index contributed by atoms with van der Waals surface area (Å²) in [5.74, 6) is -2.32. The second-order valence-corrected chi connectivity index (χ2v) is 7.53. The average Bonchev–Trinajstić information content (AvgIpc) is 3.03. The number of hydrogen-bond donors (Lipinski definition) is 4. The van der Waals surface area contributed by atoms with Crippen LogP contribution in [-0.2, 0) is 32.0 Å². The zero-order valence-electron chi connectivity index (χ0n) is 16.7. The molecule has 1 aromatic carbocycles. The van der Waals surface area contributed by atoms with Crippen molar-refractivity contribution >= 4 is 29.4 Å². The Labute approximate surface area is 168 Å². The molecule has 9 nitrogen and oxygen atoms in total. The summed E-state index contributed by atoms with van der Waals surface area (Å²) >= 11 is 0. The predicted molar refractivity (Wildman–Crippen MR) is 105 cm³/mol. The molecular formula is C20H26N4O5. The highest BCUT2D eigenvalue weighted by atomic mass is 16.4. The summed E-state index contributed by atoms with van der Waals surface area (Å²) in [5.41, 5.74) is 2.52. The molecule has 0 saturated heterocycles. The molecule has 0 spiro atoms. The highest BCUT2D eigenvalue weighted by Gasteiger charge is 2.44. The van der Waals surface area contributed by atoms with Gasteiger partial charge in [-0.1, -0.05) is 18.2 Å². The van der Waals surface area contributed by atoms with E-state index < -0.39 is 36.0 Å². The number of hydrogen-bond acceptors (Lipinski definition) is 5. The third kappa shape index (κ3) is 3.95. The Bertz CT molecular complexity index is 855. The maximum atomic E-state index is 13.3. The highest BCUT2D eigenvalue weighted by Crippen LogP contribution is 2.39. The quantitative estimate of drug-likeness (QED) is 0.511. The first-order valence-electron chi connectivity index (χ1n) is 9.69. The van der Waals surface area contributed by atoms with E-state index in [0.29, 0.717) is 24.9 Å². The van der Waals surface area contributed by atoms with Gasteiger partial charge in [0.15, 0.2) is 0 Å². The average molecular weight is 402 g/mol. The maximum Gasteiger partial charge on any atom is 0.325 e. The first-order valence-corrected chi connectivity index (χ1v) is 9.69. The third-order valence-electron chi connectivity index (χ3n) is 5.58. The standard InChI is InChI=1S/C20H26N4O5/c1-10(21-3)17(25)23-14-8-7-12-5-4-6-13-9-15(24(16(12)13)19(14)27)18(26)22-11(2)20(28)29/h4-6,10-11,14-15,21H,7-9H2,1-3H3,(H,22,26)(H,23,25)(H,28,29)/t10-,11-,14-,15?/m0/s1. The fraction of sp³-hybridized carbons (Fsp3) is 0.500. The summed E-state index contributed by atoms with van der Waals surface area (Å²) < 4.78 is 0. The molecule has 4 atom stereocenters. The third-order valence-corrected chi connectivity index (χ3v) is 5.58. The molecule has 2 aliphatic heterocycles. The number of carboxylic acid groups (broad SMARTS) is 1. The lowest BCUT2D eigenvalue weighted by molar-refractivity contribution is -0.141. The van der Waals surface area contributed by atoms with Gasteiger partial charge in [-0.2, -0.15) is 0 Å². The molecule has 0 saturated carbocycles. The molecule has 29 heavy (non-hydrogen) atoms. The van der Waals surface area contributed by atoms with Crippen LogP contribution in [0.2, 0.25) is 0 Å². The van der Waals surface area contributed by atoms with Crippen LogP contribution in [0, 0.1) is 0 Å². The van der Waals surface area contributed by atoms with Gasteiger partial charge < -0.3 is 21.1 Å². The SMILES string of the molecule is CN[C@@H](C)C(=O)N[C@H]1CCc2cccc3c2N(C1=O)C(C(=O)N[C@@H](C)C(=O)O)C3. The fourth-order valence-electron chi connectivity index (χ4n) is 3.77. The second-order valence-electron chi connectivity index (χ2n) is 7.53. The number of likely N-dealkylation sites (N-methyl/N-ethyl adjacent to an activating group) is 1. The van der Waals surface area contributed by atoms with E-state index in [1.165, 1.54) is 11.8 Å². The van der Waals surface area contributed by atoms with Crippen LogP contribution in [0.5, 0.6) is 0 Å². The molecule has 0 aromatic heterocycles. The molecule has 1 aromatic rings. The number of carbonyl (C=O) groups is 4. The summed E-state index contributed by atoms with van der Waals surface area (Å²) in [6.45, 7) is 3.07. The molecule has 0 radical (unpaired) electrons. The highest BCUT2D eigenvalue weighted by molar-refractivity contribution is 6.08. The fourth-order valence-corrected chi connectivity index (χ4v) is 3.77. The number of rotatable bonds is 6. The van der Waals surface area contributed by atoms with E-state index in [9.17, 15) is 19.2 Å². The number of aliphatic carboxylic acids is 1. The number of para-hydroxylation sites is 1. The smallest absolute Gasteiger partial charge is 0.325 e. The largest absolute Gasteiger partial charge is 0.480 e. The van der Waals surface area contributed by atoms with Crippen LogP contribution in [0.3, 0.4) is 0 Å². The Balaban J connectivity index is 1.91. The van der Waals surface area contributed by atoms with Gasteiger partial charge in [0.2, 0.25) is 17.7 Å². The van der Waals surface area contributed by atoms with Crippen LogP contribution in [0.15, 0.2) is 18.2 Å². The zero-order valence-corrected chi connectivity index (χ0v) is 16.7. The first kappa shape index (κ1) is 20.8. The second kappa shape index (κ2) is 8.20. The minimum atomic E-state index is -1.15. The van der Waals surface area contributed by atoms with Gasteiger partial charge in [0.1, 0.15) is 18.1 Å². The van der Waals surface area contributed by atoms with Crippen LogP contribution >= 0.6 is 0 Å². The van der Waals surface area contributed by atoms with Crippen LogP contribution in [0.4, 0.5) is 5.69 Å². The van der Waals surface area contributed by atoms with Crippen molar-refractivity contribution in [3.63, 3.8) is 0 Å². The molecule has 0 aliphatic carbocycles. The number of nitrogens with zero attached hydrogens (tertiary/aromatic N) is 1. The molecule has 1 unspecified atom stereocenters. The Kier molecular flexibility index (Phi) is 5.88. The summed E-state index contributed by atoms with van der Waals surface area (Å²) in [4.78, 5) is 51.0. The number of carboxylic acids is 1. The Morgan fingerprint density at radius 2 is 1.86 bits per heavy atom. The summed E-state index contributed by atoms with van der Waals surface area (Å²) in [7, 11) is 1.66. The number of aryl methyl sites for hydroxylation is 1. The molecule has 4 N–H and O–H groups in total. The van der Waals surface area contributed by atoms with E-state index in [0.717, 1.165) is 11.1 Å². The van der Waals surface area contributed by atoms with Gasteiger partial charge >= 0.3 is 5.97 Å². The van der Waals surface area contributed by atoms with Crippen molar-refractivity contribution in [3.8, 4) is 0 Å². The summed E-state index contributed by atoms with van der Waals surface area (Å²) in [6, 6.07) is 2.54. The van der Waals surface area contributed by atoms with Crippen molar-refractivity contribution in [1.82, 2.24) is 16.0 Å². The van der Waals surface area contributed by atoms with Crippen molar-refractivity contribution in [2.24, 2.45) is 0 Å². The molecule has 0 fully saturated rings. The van der Waals surface area contributed by atoms with Crippen LogP contribution in [-0.4, -0.2) is 60.0 Å². The number of anilines is 1. The normalized spacial score (nSPS) is 22.3. The van der Waals surface area contributed by atoms with E-state index >= 15 is 0 Å². The van der Waals surface area contributed by atoms with Gasteiger partial charge in [0.05, 0.1) is 11.7 Å². The monoisotopic (exact) mass is 402 g/mol. The molecule has 156 valence electrons. The van der Waals surface area contributed by atoms with E-state index in [1.54, 1.807) is 14.0 Å². The predicted octanol–water partition coefficient (Wildman–Crippen LogP) is -0.427. The number of benzene rings is 1. The van der Waals surface area contributed by atoms with Crippen molar-refractivity contribution < 1.29 is 24.3 Å². The lowest BCUT2D eigenvalue weighted by atomic mass is 10.0. The van der Waals surface area contributed by atoms with Crippen molar-refractivity contribution in [1.29, 1.82) is 0 Å². The van der Waals surface area contributed by atoms with E-state index in [4.69, 9.17) is 5.11 Å². The lowest BCUT2D eigenvalue weighted by Gasteiger charge is -2.28. The van der Waals surface area contributed by atoms with Gasteiger partial charge in [0.25, 0.3) is 0 Å². The maximum absolute atomic E-state index is 13.3. The lowest BCUT2D eigenvalue weighted by Crippen LogP contribution is -2.57. The van der Waals surface area contributed by atoms with Gasteiger partial charge in [0, 0.05) is 6.42 Å². The Morgan fingerprint density at radius 1 is 1.17 bits per heavy atom. The van der Waals surface area contributed by atoms with E-state index in [1.807, 2.05) is 18.2 Å². The molecular weight excluding hydrogens is 376 g/mol. The number of carbonyl (C=O) groups excluding carboxylic acids is 3. The summed E-state index contributed by atoms with van der Waals surface area (Å²) in [5, 5.41) is 17.2. The van der Waals surface area contributed by atoms with Gasteiger partial charge in [-0.15, -0.1) is 0 Å². The zero-order chi connectivity index (χ0) is 21.3. The number of amides is 3. The van der Waals surface area contributed by atoms with Gasteiger partial charge in [-0.25, -0.2) is 0 Å². The molecule has 3 rings (SSSR count). The van der Waals surface area contributed by atoms with Crippen LogP contribution < -0.4 is 20.9 Å². The Hall–Kier alpha value is -2.94. The van der Waals surface area contributed by atoms with Gasteiger partial charge in [-0.3, -0.25) is 24.1 Å². The molecule has 0 bridgehead atoms. The van der Waals surface area contributed by atoms with Crippen molar-refractivity contribution in [2.45, 2.75) is 57.3 Å². The molecule has 9 heteroatoms. The van der Waals surface area contributed by atoms with Gasteiger partial charge in [-0.05, 0) is 44.9 Å². The topological polar surface area (TPSA) is 128 Å². The molecule has 3 amide bonds. The first-order chi connectivity index (χ1) is 13.7. The van der Waals surface area contributed by atoms with E-state index in [2.05, 4.69) is 16.0 Å². The minimum Gasteiger partial charge on any atom is -0.480 e.